The van der Waals surface area contributed by atoms with E-state index in [0.29, 0.717) is 47.6 Å². The van der Waals surface area contributed by atoms with Crippen LogP contribution in [0.5, 0.6) is 11.5 Å². The molecule has 0 saturated heterocycles. The highest BCUT2D eigenvalue weighted by Crippen LogP contribution is 2.40. The normalized spacial score (nSPS) is 12.5. The van der Waals surface area contributed by atoms with Gasteiger partial charge < -0.3 is 24.1 Å². The summed E-state index contributed by atoms with van der Waals surface area (Å²) < 4.78 is 22.8. The number of hydrogen-bond donors (Lipinski definition) is 1. The predicted molar refractivity (Wildman–Crippen MR) is 188 cm³/mol. The highest BCUT2D eigenvalue weighted by atomic mass is 28.3. The summed E-state index contributed by atoms with van der Waals surface area (Å²) in [6.45, 7) is 11.9. The number of aromatic nitrogens is 6. The van der Waals surface area contributed by atoms with Gasteiger partial charge in [-0.2, -0.15) is 5.10 Å². The molecule has 1 atom stereocenters. The van der Waals surface area contributed by atoms with Gasteiger partial charge in [0.25, 0.3) is 5.56 Å². The first-order valence-corrected chi connectivity index (χ1v) is 19.4. The number of methoxy groups -OCH3 is 2. The monoisotopic (exact) mass is 651 g/mol. The van der Waals surface area contributed by atoms with Crippen molar-refractivity contribution in [3.63, 3.8) is 0 Å². The van der Waals surface area contributed by atoms with Crippen molar-refractivity contribution in [2.24, 2.45) is 0 Å². The van der Waals surface area contributed by atoms with Crippen molar-refractivity contribution in [3.05, 3.63) is 95.1 Å². The number of anilines is 1. The van der Waals surface area contributed by atoms with Crippen molar-refractivity contribution < 1.29 is 14.2 Å². The zero-order valence-corrected chi connectivity index (χ0v) is 28.9. The van der Waals surface area contributed by atoms with Crippen molar-refractivity contribution in [1.82, 2.24) is 28.7 Å². The fraction of sp³-hybridized carbons (Fsp3) is 0.314. The van der Waals surface area contributed by atoms with Gasteiger partial charge in [-0.05, 0) is 55.8 Å². The molecule has 0 bridgehead atoms. The van der Waals surface area contributed by atoms with Gasteiger partial charge in [0.05, 0.1) is 31.3 Å². The maximum atomic E-state index is 14.0. The van der Waals surface area contributed by atoms with Crippen LogP contribution < -0.4 is 20.3 Å². The minimum atomic E-state index is -1.26. The van der Waals surface area contributed by atoms with E-state index in [-0.39, 0.29) is 5.56 Å². The Labute approximate surface area is 274 Å². The number of rotatable bonds is 12. The molecule has 6 aromatic rings. The second-order valence-corrected chi connectivity index (χ2v) is 18.5. The Bertz CT molecular complexity index is 2100. The molecule has 12 heteroatoms. The molecule has 47 heavy (non-hydrogen) atoms. The number of aryl methyl sites for hydroxylation is 1. The number of benzene rings is 2. The van der Waals surface area contributed by atoms with Gasteiger partial charge in [-0.25, -0.2) is 14.5 Å². The fourth-order valence-corrected chi connectivity index (χ4v) is 6.46. The highest BCUT2D eigenvalue weighted by Gasteiger charge is 2.24. The highest BCUT2D eigenvalue weighted by molar-refractivity contribution is 6.76. The molecule has 0 aliphatic carbocycles. The van der Waals surface area contributed by atoms with Crippen molar-refractivity contribution in [1.29, 1.82) is 0 Å². The summed E-state index contributed by atoms with van der Waals surface area (Å²) in [6.07, 6.45) is 5.39. The van der Waals surface area contributed by atoms with Crippen LogP contribution in [0.1, 0.15) is 24.4 Å². The van der Waals surface area contributed by atoms with Crippen LogP contribution in [0.3, 0.4) is 0 Å². The van der Waals surface area contributed by atoms with Gasteiger partial charge in [-0.1, -0.05) is 37.8 Å². The lowest BCUT2D eigenvalue weighted by atomic mass is 10.0. The summed E-state index contributed by atoms with van der Waals surface area (Å²) in [5.74, 6) is 2.47. The molecule has 1 unspecified atom stereocenters. The molecule has 0 radical (unpaired) electrons. The Balaban J connectivity index is 1.48. The topological polar surface area (TPSA) is 110 Å². The predicted octanol–water partition coefficient (Wildman–Crippen LogP) is 6.71. The maximum Gasteiger partial charge on any atom is 0.282 e. The molecule has 0 fully saturated rings. The Hall–Kier alpha value is -4.94. The van der Waals surface area contributed by atoms with Crippen LogP contribution in [0, 0.1) is 6.92 Å². The number of hydrogen-bond acceptors (Lipinski definition) is 8. The third-order valence-electron chi connectivity index (χ3n) is 8.25. The molecule has 1 N–H and O–H groups in total. The van der Waals surface area contributed by atoms with Gasteiger partial charge >= 0.3 is 0 Å². The molecular formula is C35H41N7O4Si. The molecule has 0 spiro atoms. The van der Waals surface area contributed by atoms with E-state index in [0.717, 1.165) is 33.8 Å². The molecule has 0 saturated carbocycles. The van der Waals surface area contributed by atoms with Crippen LogP contribution in [0.15, 0.2) is 78.1 Å². The molecule has 0 amide bonds. The summed E-state index contributed by atoms with van der Waals surface area (Å²) in [5.41, 5.74) is 4.42. The van der Waals surface area contributed by atoms with Crippen molar-refractivity contribution >= 4 is 30.4 Å². The minimum Gasteiger partial charge on any atom is -0.497 e. The molecular weight excluding hydrogens is 611 g/mol. The fourth-order valence-electron chi connectivity index (χ4n) is 5.71. The van der Waals surface area contributed by atoms with E-state index in [4.69, 9.17) is 29.3 Å². The second kappa shape index (κ2) is 13.0. The Kier molecular flexibility index (Phi) is 8.89. The molecule has 2 aromatic carbocycles. The van der Waals surface area contributed by atoms with E-state index in [2.05, 4.69) is 25.0 Å². The average Bonchev–Trinajstić information content (AvgIpc) is 3.63. The zero-order valence-electron chi connectivity index (χ0n) is 27.9. The van der Waals surface area contributed by atoms with Gasteiger partial charge in [0.2, 0.25) is 0 Å². The lowest BCUT2D eigenvalue weighted by Crippen LogP contribution is -2.29. The number of fused-ring (bicyclic) bond motifs is 2. The largest absolute Gasteiger partial charge is 0.497 e. The van der Waals surface area contributed by atoms with Gasteiger partial charge in [-0.3, -0.25) is 9.36 Å². The Morgan fingerprint density at radius 1 is 0.979 bits per heavy atom. The third-order valence-corrected chi connectivity index (χ3v) is 9.95. The molecule has 6 rings (SSSR count). The van der Waals surface area contributed by atoms with Crippen LogP contribution >= 0.6 is 0 Å². The molecule has 11 nitrogen and oxygen atoms in total. The Morgan fingerprint density at radius 2 is 1.77 bits per heavy atom. The summed E-state index contributed by atoms with van der Waals surface area (Å²) >= 11 is 0. The average molecular weight is 652 g/mol. The van der Waals surface area contributed by atoms with Crippen LogP contribution in [0.4, 0.5) is 5.82 Å². The number of nitrogens with one attached hydrogen (secondary N) is 1. The van der Waals surface area contributed by atoms with Crippen LogP contribution in [-0.4, -0.2) is 57.6 Å². The molecule has 244 valence electrons. The number of para-hydroxylation sites is 1. The van der Waals surface area contributed by atoms with Crippen LogP contribution in [0.25, 0.3) is 33.4 Å². The van der Waals surface area contributed by atoms with Gasteiger partial charge in [0.15, 0.2) is 5.82 Å². The van der Waals surface area contributed by atoms with E-state index < -0.39 is 14.1 Å². The SMILES string of the molecule is COc1ccc(-c2cn(COCC[Si](C)(C)C)c3ncnc(NC(C)c4nn5ccc(C)c5c(=O)n4-c4ccccc4)c23)c(OC)c1. The molecule has 4 heterocycles. The smallest absolute Gasteiger partial charge is 0.282 e. The maximum absolute atomic E-state index is 14.0. The first-order valence-electron chi connectivity index (χ1n) is 15.7. The first-order chi connectivity index (χ1) is 22.6. The van der Waals surface area contributed by atoms with Gasteiger partial charge in [0.1, 0.15) is 41.5 Å². The molecule has 0 aliphatic heterocycles. The van der Waals surface area contributed by atoms with E-state index in [1.807, 2.05) is 85.4 Å². The first kappa shape index (κ1) is 32.0. The van der Waals surface area contributed by atoms with E-state index in [1.165, 1.54) is 0 Å². The van der Waals surface area contributed by atoms with Crippen LogP contribution in [0.2, 0.25) is 25.7 Å². The van der Waals surface area contributed by atoms with Gasteiger partial charge in [0, 0.05) is 44.3 Å². The Morgan fingerprint density at radius 3 is 2.49 bits per heavy atom. The van der Waals surface area contributed by atoms with E-state index in [9.17, 15) is 4.79 Å². The number of ether oxygens (including phenoxy) is 3. The molecule has 0 aliphatic rings. The summed E-state index contributed by atoms with van der Waals surface area (Å²) in [4.78, 5) is 23.4. The minimum absolute atomic E-state index is 0.143. The van der Waals surface area contributed by atoms with Gasteiger partial charge in [-0.15, -0.1) is 0 Å². The van der Waals surface area contributed by atoms with Crippen molar-refractivity contribution in [2.45, 2.75) is 52.3 Å². The quantitative estimate of drug-likeness (QED) is 0.115. The number of nitrogens with zero attached hydrogens (tertiary/aromatic N) is 6. The van der Waals surface area contributed by atoms with Crippen molar-refractivity contribution in [2.75, 3.05) is 26.1 Å². The third kappa shape index (κ3) is 6.38. The molecule has 4 aromatic heterocycles. The second-order valence-electron chi connectivity index (χ2n) is 12.8. The lowest BCUT2D eigenvalue weighted by molar-refractivity contribution is 0.0899. The van der Waals surface area contributed by atoms with E-state index >= 15 is 0 Å². The lowest BCUT2D eigenvalue weighted by Gasteiger charge is -2.20. The van der Waals surface area contributed by atoms with Crippen molar-refractivity contribution in [3.8, 4) is 28.3 Å². The summed E-state index contributed by atoms with van der Waals surface area (Å²) in [6, 6.07) is 17.8. The van der Waals surface area contributed by atoms with E-state index in [1.54, 1.807) is 29.6 Å². The standard InChI is InChI=1S/C35H41N7O4Si/c1-23-15-16-41-31(23)35(43)42(25-11-9-8-10-12-25)33(39-41)24(2)38-32-30-28(27-14-13-26(44-3)19-29(27)45-4)20-40(34(30)37-21-36-32)22-46-17-18-47(5,6)7/h8-16,19-21,24H,17-18,22H2,1-7H3,(H,36,37,38). The van der Waals surface area contributed by atoms with Crippen LogP contribution in [-0.2, 0) is 11.5 Å². The zero-order chi connectivity index (χ0) is 33.3. The summed E-state index contributed by atoms with van der Waals surface area (Å²) in [5, 5.41) is 9.30. The summed E-state index contributed by atoms with van der Waals surface area (Å²) in [7, 11) is 2.01.